The van der Waals surface area contributed by atoms with Gasteiger partial charge < -0.3 is 10.1 Å². The SMILES string of the molecule is COc1ccc(CCNC(C)(C)C)c(C)c1C. The Morgan fingerprint density at radius 1 is 1.12 bits per heavy atom. The van der Waals surface area contributed by atoms with Crippen LogP contribution in [-0.4, -0.2) is 19.2 Å². The van der Waals surface area contributed by atoms with Gasteiger partial charge in [0.15, 0.2) is 0 Å². The Hall–Kier alpha value is -1.02. The number of methoxy groups -OCH3 is 1. The molecule has 0 saturated carbocycles. The van der Waals surface area contributed by atoms with Crippen LogP contribution >= 0.6 is 0 Å². The van der Waals surface area contributed by atoms with E-state index in [4.69, 9.17) is 4.74 Å². The second kappa shape index (κ2) is 5.54. The topological polar surface area (TPSA) is 21.3 Å². The van der Waals surface area contributed by atoms with Crippen LogP contribution in [0.3, 0.4) is 0 Å². The molecule has 1 N–H and O–H groups in total. The highest BCUT2D eigenvalue weighted by atomic mass is 16.5. The molecule has 0 bridgehead atoms. The Bertz CT molecular complexity index is 377. The highest BCUT2D eigenvalue weighted by molar-refractivity contribution is 5.43. The van der Waals surface area contributed by atoms with E-state index in [1.165, 1.54) is 16.7 Å². The van der Waals surface area contributed by atoms with Gasteiger partial charge in [0, 0.05) is 5.54 Å². The Labute approximate surface area is 105 Å². The fourth-order valence-electron chi connectivity index (χ4n) is 1.92. The average Bonchev–Trinajstić information content (AvgIpc) is 2.23. The van der Waals surface area contributed by atoms with E-state index >= 15 is 0 Å². The van der Waals surface area contributed by atoms with E-state index in [9.17, 15) is 0 Å². The summed E-state index contributed by atoms with van der Waals surface area (Å²) < 4.78 is 5.32. The zero-order valence-corrected chi connectivity index (χ0v) is 12.0. The van der Waals surface area contributed by atoms with E-state index in [-0.39, 0.29) is 5.54 Å². The quantitative estimate of drug-likeness (QED) is 0.865. The molecule has 2 nitrogen and oxygen atoms in total. The maximum atomic E-state index is 5.32. The van der Waals surface area contributed by atoms with Crippen molar-refractivity contribution in [3.05, 3.63) is 28.8 Å². The van der Waals surface area contributed by atoms with Gasteiger partial charge in [-0.1, -0.05) is 6.07 Å². The van der Waals surface area contributed by atoms with Gasteiger partial charge in [0.2, 0.25) is 0 Å². The zero-order valence-electron chi connectivity index (χ0n) is 12.0. The third-order valence-corrected chi connectivity index (χ3v) is 3.12. The molecule has 0 unspecified atom stereocenters. The van der Waals surface area contributed by atoms with Crippen molar-refractivity contribution < 1.29 is 4.74 Å². The summed E-state index contributed by atoms with van der Waals surface area (Å²) in [4.78, 5) is 0. The number of benzene rings is 1. The standard InChI is InChI=1S/C15H25NO/c1-11-12(2)14(17-6)8-7-13(11)9-10-16-15(3,4)5/h7-8,16H,9-10H2,1-6H3. The van der Waals surface area contributed by atoms with Crippen LogP contribution in [0.15, 0.2) is 12.1 Å². The lowest BCUT2D eigenvalue weighted by Crippen LogP contribution is -2.37. The third kappa shape index (κ3) is 4.04. The van der Waals surface area contributed by atoms with Crippen LogP contribution in [-0.2, 0) is 6.42 Å². The molecule has 0 spiro atoms. The fraction of sp³-hybridized carbons (Fsp3) is 0.600. The fourth-order valence-corrected chi connectivity index (χ4v) is 1.92. The van der Waals surface area contributed by atoms with Crippen molar-refractivity contribution in [3.8, 4) is 5.75 Å². The van der Waals surface area contributed by atoms with Crippen LogP contribution in [0, 0.1) is 13.8 Å². The molecule has 1 aromatic rings. The van der Waals surface area contributed by atoms with Crippen LogP contribution in [0.25, 0.3) is 0 Å². The van der Waals surface area contributed by atoms with Crippen molar-refractivity contribution in [1.29, 1.82) is 0 Å². The molecule has 2 heteroatoms. The number of nitrogens with one attached hydrogen (secondary N) is 1. The lowest BCUT2D eigenvalue weighted by atomic mass is 9.99. The van der Waals surface area contributed by atoms with Crippen molar-refractivity contribution in [2.24, 2.45) is 0 Å². The highest BCUT2D eigenvalue weighted by Crippen LogP contribution is 2.24. The van der Waals surface area contributed by atoms with Gasteiger partial charge in [-0.3, -0.25) is 0 Å². The Kier molecular flexibility index (Phi) is 4.58. The first-order valence-corrected chi connectivity index (χ1v) is 6.23. The number of rotatable bonds is 4. The first kappa shape index (κ1) is 14.0. The van der Waals surface area contributed by atoms with E-state index in [2.05, 4.69) is 52.1 Å². The Balaban J connectivity index is 2.70. The molecule has 96 valence electrons. The molecular formula is C15H25NO. The van der Waals surface area contributed by atoms with Gasteiger partial charge in [-0.2, -0.15) is 0 Å². The number of hydrogen-bond donors (Lipinski definition) is 1. The Morgan fingerprint density at radius 3 is 2.29 bits per heavy atom. The maximum absolute atomic E-state index is 5.32. The molecule has 0 aliphatic carbocycles. The van der Waals surface area contributed by atoms with Crippen molar-refractivity contribution in [3.63, 3.8) is 0 Å². The first-order chi connectivity index (χ1) is 7.85. The van der Waals surface area contributed by atoms with Gasteiger partial charge in [0.05, 0.1) is 7.11 Å². The summed E-state index contributed by atoms with van der Waals surface area (Å²) in [5, 5.41) is 3.51. The average molecular weight is 235 g/mol. The summed E-state index contributed by atoms with van der Waals surface area (Å²) in [5.41, 5.74) is 4.19. The van der Waals surface area contributed by atoms with Gasteiger partial charge in [-0.25, -0.2) is 0 Å². The van der Waals surface area contributed by atoms with E-state index in [1.807, 2.05) is 0 Å². The van der Waals surface area contributed by atoms with Crippen LogP contribution < -0.4 is 10.1 Å². The third-order valence-electron chi connectivity index (χ3n) is 3.12. The minimum atomic E-state index is 0.190. The van der Waals surface area contributed by atoms with Gasteiger partial charge in [-0.15, -0.1) is 0 Å². The minimum Gasteiger partial charge on any atom is -0.496 e. The van der Waals surface area contributed by atoms with Gasteiger partial charge in [-0.05, 0) is 70.3 Å². The summed E-state index contributed by atoms with van der Waals surface area (Å²) >= 11 is 0. The first-order valence-electron chi connectivity index (χ1n) is 6.23. The van der Waals surface area contributed by atoms with Crippen molar-refractivity contribution in [1.82, 2.24) is 5.32 Å². The van der Waals surface area contributed by atoms with Crippen molar-refractivity contribution in [2.45, 2.75) is 46.6 Å². The van der Waals surface area contributed by atoms with E-state index in [1.54, 1.807) is 7.11 Å². The second-order valence-electron chi connectivity index (χ2n) is 5.60. The van der Waals surface area contributed by atoms with Crippen LogP contribution in [0.5, 0.6) is 5.75 Å². The summed E-state index contributed by atoms with van der Waals surface area (Å²) in [5.74, 6) is 0.982. The normalized spacial score (nSPS) is 11.6. The molecule has 0 aliphatic rings. The molecule has 1 aromatic carbocycles. The molecule has 0 fully saturated rings. The largest absolute Gasteiger partial charge is 0.496 e. The van der Waals surface area contributed by atoms with Gasteiger partial charge >= 0.3 is 0 Å². The molecule has 0 atom stereocenters. The monoisotopic (exact) mass is 235 g/mol. The predicted molar refractivity (Wildman–Crippen MR) is 73.9 cm³/mol. The summed E-state index contributed by atoms with van der Waals surface area (Å²) in [6.07, 6.45) is 1.06. The molecule has 0 radical (unpaired) electrons. The molecule has 0 aromatic heterocycles. The minimum absolute atomic E-state index is 0.190. The van der Waals surface area contributed by atoms with Crippen molar-refractivity contribution in [2.75, 3.05) is 13.7 Å². The van der Waals surface area contributed by atoms with E-state index < -0.39 is 0 Å². The van der Waals surface area contributed by atoms with Crippen molar-refractivity contribution >= 4 is 0 Å². The molecule has 0 saturated heterocycles. The predicted octanol–water partition coefficient (Wildman–Crippen LogP) is 3.24. The smallest absolute Gasteiger partial charge is 0.122 e. The Morgan fingerprint density at radius 2 is 1.76 bits per heavy atom. The molecule has 1 rings (SSSR count). The maximum Gasteiger partial charge on any atom is 0.122 e. The lowest BCUT2D eigenvalue weighted by Gasteiger charge is -2.21. The summed E-state index contributed by atoms with van der Waals surface area (Å²) in [6, 6.07) is 4.24. The summed E-state index contributed by atoms with van der Waals surface area (Å²) in [6.45, 7) is 11.9. The van der Waals surface area contributed by atoms with Crippen LogP contribution in [0.2, 0.25) is 0 Å². The van der Waals surface area contributed by atoms with Crippen LogP contribution in [0.1, 0.15) is 37.5 Å². The van der Waals surface area contributed by atoms with Gasteiger partial charge in [0.25, 0.3) is 0 Å². The molecular weight excluding hydrogens is 210 g/mol. The molecule has 0 aliphatic heterocycles. The zero-order chi connectivity index (χ0) is 13.1. The molecule has 0 heterocycles. The highest BCUT2D eigenvalue weighted by Gasteiger charge is 2.10. The summed E-state index contributed by atoms with van der Waals surface area (Å²) in [7, 11) is 1.72. The van der Waals surface area contributed by atoms with Crippen LogP contribution in [0.4, 0.5) is 0 Å². The number of hydrogen-bond acceptors (Lipinski definition) is 2. The van der Waals surface area contributed by atoms with E-state index in [0.29, 0.717) is 0 Å². The molecule has 0 amide bonds. The molecule has 17 heavy (non-hydrogen) atoms. The number of ether oxygens (including phenoxy) is 1. The lowest BCUT2D eigenvalue weighted by molar-refractivity contribution is 0.410. The second-order valence-corrected chi connectivity index (χ2v) is 5.60. The van der Waals surface area contributed by atoms with E-state index in [0.717, 1.165) is 18.7 Å². The van der Waals surface area contributed by atoms with Gasteiger partial charge in [0.1, 0.15) is 5.75 Å².